The zero-order chi connectivity index (χ0) is 20.4. The number of rotatable bonds is 6. The van der Waals surface area contributed by atoms with Gasteiger partial charge >= 0.3 is 0 Å². The van der Waals surface area contributed by atoms with E-state index < -0.39 is 0 Å². The lowest BCUT2D eigenvalue weighted by atomic mass is 10.1. The first-order valence-corrected chi connectivity index (χ1v) is 10.2. The fourth-order valence-corrected chi connectivity index (χ4v) is 4.00. The van der Waals surface area contributed by atoms with E-state index in [1.165, 1.54) is 5.56 Å². The first kappa shape index (κ1) is 19.4. The van der Waals surface area contributed by atoms with Gasteiger partial charge in [0.1, 0.15) is 18.0 Å². The Morgan fingerprint density at radius 1 is 1.28 bits per heavy atom. The second kappa shape index (κ2) is 8.19. The standard InChI is InChI=1S/C22H27N5O2/c1-4-18-15(2)25-27(16(18)3)14-22(28)26-11-9-20-19(13-26)24-21(29-20)8-7-17-6-5-10-23-12-17/h5-6,10,12H,4,7-9,11,13-14H2,1-3H3. The normalized spacial score (nSPS) is 13.6. The number of aryl methyl sites for hydroxylation is 3. The molecule has 0 saturated heterocycles. The highest BCUT2D eigenvalue weighted by Crippen LogP contribution is 2.21. The molecule has 1 aliphatic heterocycles. The molecular formula is C22H27N5O2. The maximum absolute atomic E-state index is 12.9. The lowest BCUT2D eigenvalue weighted by molar-refractivity contribution is -0.133. The van der Waals surface area contributed by atoms with E-state index in [2.05, 4.69) is 28.1 Å². The number of carbonyl (C=O) groups excluding carboxylic acids is 1. The van der Waals surface area contributed by atoms with Gasteiger partial charge in [-0.05, 0) is 43.9 Å². The van der Waals surface area contributed by atoms with Crippen LogP contribution in [-0.4, -0.2) is 37.1 Å². The largest absolute Gasteiger partial charge is 0.445 e. The third-order valence-corrected chi connectivity index (χ3v) is 5.64. The van der Waals surface area contributed by atoms with Crippen molar-refractivity contribution in [2.75, 3.05) is 6.54 Å². The van der Waals surface area contributed by atoms with E-state index in [4.69, 9.17) is 4.42 Å². The van der Waals surface area contributed by atoms with Crippen molar-refractivity contribution in [3.05, 3.63) is 64.4 Å². The molecular weight excluding hydrogens is 366 g/mol. The molecule has 0 aromatic carbocycles. The summed E-state index contributed by atoms with van der Waals surface area (Å²) in [5.41, 5.74) is 5.36. The van der Waals surface area contributed by atoms with Crippen LogP contribution in [0.4, 0.5) is 0 Å². The Morgan fingerprint density at radius 2 is 2.14 bits per heavy atom. The van der Waals surface area contributed by atoms with Crippen LogP contribution in [0.25, 0.3) is 0 Å². The van der Waals surface area contributed by atoms with Crippen LogP contribution in [0.3, 0.4) is 0 Å². The summed E-state index contributed by atoms with van der Waals surface area (Å²) in [5, 5.41) is 4.55. The monoisotopic (exact) mass is 393 g/mol. The van der Waals surface area contributed by atoms with E-state index in [-0.39, 0.29) is 12.5 Å². The third-order valence-electron chi connectivity index (χ3n) is 5.64. The summed E-state index contributed by atoms with van der Waals surface area (Å²) in [4.78, 5) is 23.5. The number of nitrogens with zero attached hydrogens (tertiary/aromatic N) is 5. The van der Waals surface area contributed by atoms with Gasteiger partial charge in [0.05, 0.1) is 12.2 Å². The predicted molar refractivity (Wildman–Crippen MR) is 108 cm³/mol. The molecule has 0 spiro atoms. The molecule has 0 radical (unpaired) electrons. The van der Waals surface area contributed by atoms with Gasteiger partial charge in [-0.25, -0.2) is 4.98 Å². The highest BCUT2D eigenvalue weighted by molar-refractivity contribution is 5.76. The van der Waals surface area contributed by atoms with E-state index in [0.29, 0.717) is 19.5 Å². The predicted octanol–water partition coefficient (Wildman–Crippen LogP) is 2.82. The zero-order valence-corrected chi connectivity index (χ0v) is 17.3. The minimum absolute atomic E-state index is 0.0730. The fraction of sp³-hybridized carbons (Fsp3) is 0.455. The van der Waals surface area contributed by atoms with Crippen molar-refractivity contribution in [3.8, 4) is 0 Å². The average molecular weight is 393 g/mol. The van der Waals surface area contributed by atoms with E-state index in [1.54, 1.807) is 6.20 Å². The molecule has 0 N–H and O–H groups in total. The van der Waals surface area contributed by atoms with Gasteiger partial charge in [-0.1, -0.05) is 13.0 Å². The maximum atomic E-state index is 12.9. The number of hydrogen-bond acceptors (Lipinski definition) is 5. The van der Waals surface area contributed by atoms with Crippen LogP contribution in [-0.2, 0) is 43.6 Å². The van der Waals surface area contributed by atoms with Crippen LogP contribution in [0.1, 0.15) is 46.8 Å². The zero-order valence-electron chi connectivity index (χ0n) is 17.3. The Kier molecular flexibility index (Phi) is 5.47. The SMILES string of the molecule is CCc1c(C)nn(CC(=O)N2CCc3oc(CCc4cccnc4)nc3C2)c1C. The molecule has 3 aromatic rings. The van der Waals surface area contributed by atoms with Crippen LogP contribution >= 0.6 is 0 Å². The topological polar surface area (TPSA) is 77.0 Å². The highest BCUT2D eigenvalue weighted by Gasteiger charge is 2.26. The molecule has 7 heteroatoms. The minimum Gasteiger partial charge on any atom is -0.445 e. The van der Waals surface area contributed by atoms with Crippen molar-refractivity contribution in [3.63, 3.8) is 0 Å². The van der Waals surface area contributed by atoms with Crippen LogP contribution in [0, 0.1) is 13.8 Å². The summed E-state index contributed by atoms with van der Waals surface area (Å²) in [7, 11) is 0. The van der Waals surface area contributed by atoms with Gasteiger partial charge < -0.3 is 9.32 Å². The third kappa shape index (κ3) is 4.09. The molecule has 29 heavy (non-hydrogen) atoms. The molecule has 3 aromatic heterocycles. The van der Waals surface area contributed by atoms with E-state index in [1.807, 2.05) is 35.7 Å². The molecule has 0 unspecified atom stereocenters. The summed E-state index contributed by atoms with van der Waals surface area (Å²) in [5.74, 6) is 1.72. The average Bonchev–Trinajstić information content (AvgIpc) is 3.26. The van der Waals surface area contributed by atoms with Crippen LogP contribution in [0.2, 0.25) is 0 Å². The Balaban J connectivity index is 1.39. The smallest absolute Gasteiger partial charge is 0.244 e. The first-order valence-electron chi connectivity index (χ1n) is 10.2. The number of pyridine rings is 1. The van der Waals surface area contributed by atoms with Crippen LogP contribution < -0.4 is 0 Å². The maximum Gasteiger partial charge on any atom is 0.244 e. The first-order chi connectivity index (χ1) is 14.0. The molecule has 1 aliphatic rings. The van der Waals surface area contributed by atoms with Gasteiger partial charge in [0.15, 0.2) is 5.89 Å². The summed E-state index contributed by atoms with van der Waals surface area (Å²) in [6.07, 6.45) is 6.85. The van der Waals surface area contributed by atoms with Gasteiger partial charge in [0.2, 0.25) is 5.91 Å². The molecule has 0 fully saturated rings. The molecule has 0 bridgehead atoms. The summed E-state index contributed by atoms with van der Waals surface area (Å²) < 4.78 is 7.77. The number of fused-ring (bicyclic) bond motifs is 1. The van der Waals surface area contributed by atoms with Gasteiger partial charge in [0, 0.05) is 37.5 Å². The molecule has 0 aliphatic carbocycles. The summed E-state index contributed by atoms with van der Waals surface area (Å²) >= 11 is 0. The Morgan fingerprint density at radius 3 is 2.86 bits per heavy atom. The summed E-state index contributed by atoms with van der Waals surface area (Å²) in [6, 6.07) is 3.99. The molecule has 4 heterocycles. The molecule has 4 rings (SSSR count). The van der Waals surface area contributed by atoms with Crippen molar-refractivity contribution in [2.45, 2.75) is 59.5 Å². The van der Waals surface area contributed by atoms with Crippen molar-refractivity contribution in [1.29, 1.82) is 0 Å². The Hall–Kier alpha value is -2.96. The Labute approximate surface area is 170 Å². The van der Waals surface area contributed by atoms with Gasteiger partial charge in [-0.2, -0.15) is 5.10 Å². The molecule has 0 atom stereocenters. The van der Waals surface area contributed by atoms with Crippen LogP contribution in [0.15, 0.2) is 28.9 Å². The number of amides is 1. The van der Waals surface area contributed by atoms with Crippen molar-refractivity contribution in [1.82, 2.24) is 24.6 Å². The number of oxazole rings is 1. The van der Waals surface area contributed by atoms with Crippen LogP contribution in [0.5, 0.6) is 0 Å². The quantitative estimate of drug-likeness (QED) is 0.644. The fourth-order valence-electron chi connectivity index (χ4n) is 4.00. The second-order valence-corrected chi connectivity index (χ2v) is 7.56. The number of aromatic nitrogens is 4. The van der Waals surface area contributed by atoms with E-state index in [9.17, 15) is 4.79 Å². The van der Waals surface area contributed by atoms with Gasteiger partial charge in [-0.3, -0.25) is 14.5 Å². The number of hydrogen-bond donors (Lipinski definition) is 0. The van der Waals surface area contributed by atoms with Gasteiger partial charge in [0.25, 0.3) is 0 Å². The van der Waals surface area contributed by atoms with Crippen molar-refractivity contribution >= 4 is 5.91 Å². The summed E-state index contributed by atoms with van der Waals surface area (Å²) in [6.45, 7) is 7.59. The van der Waals surface area contributed by atoms with E-state index in [0.717, 1.165) is 53.6 Å². The molecule has 152 valence electrons. The lowest BCUT2D eigenvalue weighted by Crippen LogP contribution is -2.38. The van der Waals surface area contributed by atoms with E-state index >= 15 is 0 Å². The van der Waals surface area contributed by atoms with Crippen molar-refractivity contribution in [2.24, 2.45) is 0 Å². The van der Waals surface area contributed by atoms with Gasteiger partial charge in [-0.15, -0.1) is 0 Å². The highest BCUT2D eigenvalue weighted by atomic mass is 16.4. The van der Waals surface area contributed by atoms with Crippen molar-refractivity contribution < 1.29 is 9.21 Å². The lowest BCUT2D eigenvalue weighted by Gasteiger charge is -2.25. The molecule has 7 nitrogen and oxygen atoms in total. The second-order valence-electron chi connectivity index (χ2n) is 7.56. The number of carbonyl (C=O) groups is 1. The minimum atomic E-state index is 0.0730. The molecule has 0 saturated carbocycles. The Bertz CT molecular complexity index is 1010. The molecule has 1 amide bonds.